The first-order valence-electron chi connectivity index (χ1n) is 10.4. The van der Waals surface area contributed by atoms with Crippen LogP contribution in [0.25, 0.3) is 11.1 Å². The van der Waals surface area contributed by atoms with E-state index in [1.54, 1.807) is 12.1 Å². The molecule has 0 radical (unpaired) electrons. The molecule has 9 heteroatoms. The van der Waals surface area contributed by atoms with Gasteiger partial charge in [0.1, 0.15) is 5.75 Å². The van der Waals surface area contributed by atoms with Crippen LogP contribution in [0.3, 0.4) is 0 Å². The van der Waals surface area contributed by atoms with Crippen LogP contribution in [0, 0.1) is 0 Å². The summed E-state index contributed by atoms with van der Waals surface area (Å²) in [4.78, 5) is 35.9. The Morgan fingerprint density at radius 3 is 2.21 bits per heavy atom. The maximum absolute atomic E-state index is 12.4. The zero-order valence-corrected chi connectivity index (χ0v) is 18.7. The monoisotopic (exact) mass is 482 g/mol. The van der Waals surface area contributed by atoms with Gasteiger partial charge < -0.3 is 26.0 Å². The fourth-order valence-electron chi connectivity index (χ4n) is 3.37. The number of phenols is 1. The molecule has 0 aliphatic carbocycles. The zero-order valence-electron chi connectivity index (χ0n) is 17.9. The second-order valence-corrected chi connectivity index (χ2v) is 8.05. The minimum atomic E-state index is -1.73. The number of carbonyl (C=O) groups is 3. The molecule has 0 aliphatic heterocycles. The van der Waals surface area contributed by atoms with Crippen LogP contribution in [0.2, 0.25) is 5.02 Å². The van der Waals surface area contributed by atoms with E-state index < -0.39 is 29.9 Å². The van der Waals surface area contributed by atoms with Crippen molar-refractivity contribution in [2.75, 3.05) is 5.32 Å². The van der Waals surface area contributed by atoms with E-state index in [9.17, 15) is 24.6 Å². The number of nitrogens with one attached hydrogen (secondary N) is 2. The number of carboxylic acid groups (broad SMARTS) is 1. The van der Waals surface area contributed by atoms with Crippen molar-refractivity contribution in [3.05, 3.63) is 83.4 Å². The Kier molecular flexibility index (Phi) is 8.24. The lowest BCUT2D eigenvalue weighted by Gasteiger charge is -2.20. The summed E-state index contributed by atoms with van der Waals surface area (Å²) in [6.45, 7) is 0. The van der Waals surface area contributed by atoms with Gasteiger partial charge in [0.15, 0.2) is 6.10 Å². The zero-order chi connectivity index (χ0) is 24.7. The average Bonchev–Trinajstić information content (AvgIpc) is 2.81. The van der Waals surface area contributed by atoms with Gasteiger partial charge in [0.05, 0.1) is 0 Å². The van der Waals surface area contributed by atoms with Crippen molar-refractivity contribution in [3.8, 4) is 16.9 Å². The minimum Gasteiger partial charge on any atom is -0.508 e. The lowest BCUT2D eigenvalue weighted by atomic mass is 9.97. The smallest absolute Gasteiger partial charge is 0.332 e. The molecule has 0 unspecified atom stereocenters. The Labute approximate surface area is 200 Å². The highest BCUT2D eigenvalue weighted by Gasteiger charge is 2.25. The summed E-state index contributed by atoms with van der Waals surface area (Å²) in [6.07, 6.45) is -1.91. The lowest BCUT2D eigenvalue weighted by molar-refractivity contribution is -0.147. The van der Waals surface area contributed by atoms with Gasteiger partial charge >= 0.3 is 17.8 Å². The Bertz CT molecular complexity index is 1170. The van der Waals surface area contributed by atoms with E-state index in [4.69, 9.17) is 16.7 Å². The second-order valence-electron chi connectivity index (χ2n) is 7.65. The Morgan fingerprint density at radius 2 is 1.59 bits per heavy atom. The molecule has 2 atom stereocenters. The number of aliphatic hydroxyl groups is 1. The molecule has 0 saturated heterocycles. The van der Waals surface area contributed by atoms with Gasteiger partial charge in [0, 0.05) is 28.7 Å². The van der Waals surface area contributed by atoms with Crippen molar-refractivity contribution >= 4 is 35.1 Å². The maximum atomic E-state index is 12.4. The molecule has 0 bridgehead atoms. The van der Waals surface area contributed by atoms with Crippen LogP contribution in [-0.2, 0) is 20.8 Å². The Morgan fingerprint density at radius 1 is 0.912 bits per heavy atom. The van der Waals surface area contributed by atoms with Crippen molar-refractivity contribution in [1.82, 2.24) is 5.32 Å². The molecule has 3 aromatic rings. The summed E-state index contributed by atoms with van der Waals surface area (Å²) in [5.74, 6) is -3.41. The van der Waals surface area contributed by atoms with E-state index in [0.29, 0.717) is 16.3 Å². The third-order valence-corrected chi connectivity index (χ3v) is 5.37. The van der Waals surface area contributed by atoms with Crippen molar-refractivity contribution in [1.29, 1.82) is 0 Å². The van der Waals surface area contributed by atoms with E-state index >= 15 is 0 Å². The molecular formula is C25H23ClN2O6. The summed E-state index contributed by atoms with van der Waals surface area (Å²) in [5.41, 5.74) is 2.72. The third-order valence-electron chi connectivity index (χ3n) is 5.06. The molecule has 3 rings (SSSR count). The number of rotatable bonds is 8. The van der Waals surface area contributed by atoms with Crippen LogP contribution >= 0.6 is 11.6 Å². The quantitative estimate of drug-likeness (QED) is 0.247. The number of hydrogen-bond acceptors (Lipinski definition) is 5. The second kappa shape index (κ2) is 11.3. The minimum absolute atomic E-state index is 0.00196. The predicted octanol–water partition coefficient (Wildman–Crippen LogP) is 3.21. The first kappa shape index (κ1) is 24.8. The molecule has 176 valence electrons. The van der Waals surface area contributed by atoms with E-state index in [1.807, 2.05) is 36.4 Å². The van der Waals surface area contributed by atoms with Gasteiger partial charge in [-0.15, -0.1) is 0 Å². The van der Waals surface area contributed by atoms with Crippen molar-refractivity contribution in [3.63, 3.8) is 0 Å². The first-order chi connectivity index (χ1) is 16.2. The van der Waals surface area contributed by atoms with E-state index in [1.165, 1.54) is 24.3 Å². The number of carbonyl (C=O) groups excluding carboxylic acids is 2. The molecule has 0 heterocycles. The topological polar surface area (TPSA) is 136 Å². The Hall–Kier alpha value is -3.88. The molecule has 2 amide bonds. The highest BCUT2D eigenvalue weighted by Crippen LogP contribution is 2.29. The largest absolute Gasteiger partial charge is 0.508 e. The number of halogens is 1. The summed E-state index contributed by atoms with van der Waals surface area (Å²) in [7, 11) is 0. The van der Waals surface area contributed by atoms with Crippen LogP contribution < -0.4 is 10.6 Å². The van der Waals surface area contributed by atoms with Crippen LogP contribution in [0.5, 0.6) is 5.75 Å². The third kappa shape index (κ3) is 6.81. The first-order valence-corrected chi connectivity index (χ1v) is 10.8. The Balaban J connectivity index is 1.73. The number of anilines is 1. The van der Waals surface area contributed by atoms with Crippen molar-refractivity contribution in [2.45, 2.75) is 25.0 Å². The fraction of sp³-hybridized carbons (Fsp3) is 0.160. The fourth-order valence-corrected chi connectivity index (χ4v) is 3.68. The number of phenolic OH excluding ortho intramolecular Hbond substituents is 1. The summed E-state index contributed by atoms with van der Waals surface area (Å²) < 4.78 is 0. The van der Waals surface area contributed by atoms with Gasteiger partial charge in [-0.1, -0.05) is 54.1 Å². The van der Waals surface area contributed by atoms with Crippen LogP contribution in [0.4, 0.5) is 5.69 Å². The number of hydrogen-bond donors (Lipinski definition) is 5. The average molecular weight is 483 g/mol. The number of aliphatic carboxylic acids is 1. The SMILES string of the molecule is O=C(Nc1ccc(O)cc1)C(=O)N[C@H](Cc1ccc(-c2ccccc2)c(Cl)c1)C[C@@H](O)C(=O)O. The number of aliphatic hydroxyl groups excluding tert-OH is 1. The number of amides is 2. The molecule has 0 aliphatic rings. The standard InChI is InChI=1S/C25H23ClN2O6/c26-21-13-15(6-11-20(21)16-4-2-1-3-5-16)12-18(14-22(30)25(33)34)28-24(32)23(31)27-17-7-9-19(29)10-8-17/h1-11,13,18,22,29-30H,12,14H2,(H,27,31)(H,28,32)(H,33,34)/t18-,22-/m1/s1. The number of carboxylic acids is 1. The highest BCUT2D eigenvalue weighted by atomic mass is 35.5. The molecule has 8 nitrogen and oxygen atoms in total. The van der Waals surface area contributed by atoms with Gasteiger partial charge in [0.25, 0.3) is 0 Å². The van der Waals surface area contributed by atoms with Gasteiger partial charge in [-0.25, -0.2) is 4.79 Å². The van der Waals surface area contributed by atoms with Gasteiger partial charge in [-0.05, 0) is 47.9 Å². The molecule has 5 N–H and O–H groups in total. The van der Waals surface area contributed by atoms with E-state index in [2.05, 4.69) is 10.6 Å². The van der Waals surface area contributed by atoms with Gasteiger partial charge in [-0.2, -0.15) is 0 Å². The van der Waals surface area contributed by atoms with Crippen LogP contribution in [-0.4, -0.2) is 45.2 Å². The van der Waals surface area contributed by atoms with Crippen molar-refractivity contribution < 1.29 is 29.7 Å². The van der Waals surface area contributed by atoms with E-state index in [0.717, 1.165) is 11.1 Å². The van der Waals surface area contributed by atoms with Gasteiger partial charge in [-0.3, -0.25) is 9.59 Å². The predicted molar refractivity (Wildman–Crippen MR) is 128 cm³/mol. The van der Waals surface area contributed by atoms with Gasteiger partial charge in [0.2, 0.25) is 0 Å². The number of aromatic hydroxyl groups is 1. The molecule has 0 spiro atoms. The normalized spacial score (nSPS) is 12.4. The summed E-state index contributed by atoms with van der Waals surface area (Å²) >= 11 is 6.45. The summed E-state index contributed by atoms with van der Waals surface area (Å²) in [6, 6.07) is 19.5. The highest BCUT2D eigenvalue weighted by molar-refractivity contribution is 6.39. The summed E-state index contributed by atoms with van der Waals surface area (Å²) in [5, 5.41) is 33.6. The van der Waals surface area contributed by atoms with E-state index in [-0.39, 0.29) is 18.6 Å². The molecule has 0 aromatic heterocycles. The molecular weight excluding hydrogens is 460 g/mol. The molecule has 34 heavy (non-hydrogen) atoms. The molecule has 3 aromatic carbocycles. The molecule has 0 saturated carbocycles. The van der Waals surface area contributed by atoms with Crippen LogP contribution in [0.1, 0.15) is 12.0 Å². The number of benzene rings is 3. The lowest BCUT2D eigenvalue weighted by Crippen LogP contribution is -2.45. The van der Waals surface area contributed by atoms with Crippen molar-refractivity contribution in [2.24, 2.45) is 0 Å². The van der Waals surface area contributed by atoms with Crippen LogP contribution in [0.15, 0.2) is 72.8 Å². The molecule has 0 fully saturated rings. The maximum Gasteiger partial charge on any atom is 0.332 e.